The summed E-state index contributed by atoms with van der Waals surface area (Å²) in [5, 5.41) is 5.77. The lowest BCUT2D eigenvalue weighted by Gasteiger charge is -2.18. The zero-order valence-corrected chi connectivity index (χ0v) is 19.6. The van der Waals surface area contributed by atoms with Gasteiger partial charge in [0, 0.05) is 19.2 Å². The molecule has 2 N–H and O–H groups in total. The van der Waals surface area contributed by atoms with Gasteiger partial charge in [0.15, 0.2) is 6.61 Å². The number of ether oxygens (including phenoxy) is 3. The van der Waals surface area contributed by atoms with Crippen molar-refractivity contribution in [3.8, 4) is 17.2 Å². The number of nitrogens with one attached hydrogen (secondary N) is 2. The largest absolute Gasteiger partial charge is 0.497 e. The minimum atomic E-state index is -0.402. The fourth-order valence-corrected chi connectivity index (χ4v) is 3.18. The van der Waals surface area contributed by atoms with E-state index in [1.54, 1.807) is 31.4 Å². The number of carbonyl (C=O) groups is 2. The zero-order valence-electron chi connectivity index (χ0n) is 18.9. The van der Waals surface area contributed by atoms with Crippen molar-refractivity contribution in [1.29, 1.82) is 0 Å². The molecule has 0 spiro atoms. The lowest BCUT2D eigenvalue weighted by molar-refractivity contribution is -0.118. The molecule has 0 aromatic heterocycles. The van der Waals surface area contributed by atoms with E-state index in [0.29, 0.717) is 35.0 Å². The van der Waals surface area contributed by atoms with Gasteiger partial charge in [0.1, 0.15) is 17.2 Å². The highest BCUT2D eigenvalue weighted by atomic mass is 35.5. The van der Waals surface area contributed by atoms with Crippen molar-refractivity contribution in [3.63, 3.8) is 0 Å². The third kappa shape index (κ3) is 7.32. The SMILES string of the molecule is CCN(CC)CCNC(=O)c1cc(Cl)c(NC(=O)COc2ccc(OC)cc2)cc1OC. The van der Waals surface area contributed by atoms with Crippen LogP contribution in [-0.4, -0.2) is 63.7 Å². The Balaban J connectivity index is 1.98. The van der Waals surface area contributed by atoms with Gasteiger partial charge < -0.3 is 29.7 Å². The van der Waals surface area contributed by atoms with Crippen molar-refractivity contribution < 1.29 is 23.8 Å². The van der Waals surface area contributed by atoms with E-state index in [1.165, 1.54) is 19.2 Å². The first-order valence-electron chi connectivity index (χ1n) is 10.4. The second kappa shape index (κ2) is 12.8. The highest BCUT2D eigenvalue weighted by molar-refractivity contribution is 6.34. The minimum absolute atomic E-state index is 0.210. The van der Waals surface area contributed by atoms with E-state index in [0.717, 1.165) is 19.6 Å². The maximum Gasteiger partial charge on any atom is 0.262 e. The van der Waals surface area contributed by atoms with Crippen LogP contribution >= 0.6 is 11.6 Å². The molecular weight excluding hydrogens is 434 g/mol. The Morgan fingerprint density at radius 1 is 1.00 bits per heavy atom. The summed E-state index contributed by atoms with van der Waals surface area (Å²) in [7, 11) is 3.02. The van der Waals surface area contributed by atoms with Crippen LogP contribution in [0.5, 0.6) is 17.2 Å². The average molecular weight is 464 g/mol. The van der Waals surface area contributed by atoms with Crippen LogP contribution in [0.1, 0.15) is 24.2 Å². The number of benzene rings is 2. The van der Waals surface area contributed by atoms with Gasteiger partial charge in [0.2, 0.25) is 0 Å². The highest BCUT2D eigenvalue weighted by Gasteiger charge is 2.17. The molecule has 32 heavy (non-hydrogen) atoms. The van der Waals surface area contributed by atoms with Crippen LogP contribution in [0.3, 0.4) is 0 Å². The van der Waals surface area contributed by atoms with Gasteiger partial charge in [-0.1, -0.05) is 25.4 Å². The summed E-state index contributed by atoms with van der Waals surface area (Å²) in [5.41, 5.74) is 0.621. The van der Waals surface area contributed by atoms with Crippen molar-refractivity contribution in [1.82, 2.24) is 10.2 Å². The monoisotopic (exact) mass is 463 g/mol. The molecule has 0 radical (unpaired) electrons. The summed E-state index contributed by atoms with van der Waals surface area (Å²) < 4.78 is 15.9. The van der Waals surface area contributed by atoms with E-state index in [-0.39, 0.29) is 17.5 Å². The molecule has 9 heteroatoms. The quantitative estimate of drug-likeness (QED) is 0.501. The number of amides is 2. The molecule has 0 saturated carbocycles. The molecule has 2 aromatic carbocycles. The molecule has 0 saturated heterocycles. The molecular formula is C23H30ClN3O5. The predicted molar refractivity (Wildman–Crippen MR) is 125 cm³/mol. The number of hydrogen-bond donors (Lipinski definition) is 2. The Hall–Kier alpha value is -2.97. The first-order chi connectivity index (χ1) is 15.4. The molecule has 2 rings (SSSR count). The highest BCUT2D eigenvalue weighted by Crippen LogP contribution is 2.31. The summed E-state index contributed by atoms with van der Waals surface area (Å²) >= 11 is 6.31. The molecule has 0 bridgehead atoms. The number of carbonyl (C=O) groups excluding carboxylic acids is 2. The fourth-order valence-electron chi connectivity index (χ4n) is 2.97. The Labute approximate surface area is 193 Å². The zero-order chi connectivity index (χ0) is 23.5. The predicted octanol–water partition coefficient (Wildman–Crippen LogP) is 3.45. The maximum atomic E-state index is 12.6. The Bertz CT molecular complexity index is 901. The first kappa shape index (κ1) is 25.3. The molecule has 0 atom stereocenters. The van der Waals surface area contributed by atoms with Crippen molar-refractivity contribution in [2.24, 2.45) is 0 Å². The van der Waals surface area contributed by atoms with Gasteiger partial charge in [-0.25, -0.2) is 0 Å². The molecule has 0 aliphatic rings. The molecule has 0 unspecified atom stereocenters. The summed E-state index contributed by atoms with van der Waals surface area (Å²) in [6.45, 7) is 7.01. The standard InChI is InChI=1S/C23H30ClN3O5/c1-5-27(6-2)12-11-25-23(29)18-13-19(24)20(14-21(18)31-4)26-22(28)15-32-17-9-7-16(30-3)8-10-17/h7-10,13-14H,5-6,11-12,15H2,1-4H3,(H,25,29)(H,26,28). The number of halogens is 1. The normalized spacial score (nSPS) is 10.6. The van der Waals surface area contributed by atoms with Gasteiger partial charge in [-0.15, -0.1) is 0 Å². The van der Waals surface area contributed by atoms with Gasteiger partial charge in [0.05, 0.1) is 30.5 Å². The number of hydrogen-bond acceptors (Lipinski definition) is 6. The third-order valence-electron chi connectivity index (χ3n) is 4.85. The van der Waals surface area contributed by atoms with Gasteiger partial charge in [-0.3, -0.25) is 9.59 Å². The van der Waals surface area contributed by atoms with Crippen molar-refractivity contribution in [2.45, 2.75) is 13.8 Å². The lowest BCUT2D eigenvalue weighted by atomic mass is 10.1. The van der Waals surface area contributed by atoms with Crippen molar-refractivity contribution in [2.75, 3.05) is 52.3 Å². The second-order valence-corrected chi connectivity index (χ2v) is 7.23. The van der Waals surface area contributed by atoms with Crippen LogP contribution in [0.15, 0.2) is 36.4 Å². The molecule has 0 aliphatic heterocycles. The summed E-state index contributed by atoms with van der Waals surface area (Å²) in [5.74, 6) is 0.832. The van der Waals surface area contributed by atoms with Crippen LogP contribution in [0.25, 0.3) is 0 Å². The Morgan fingerprint density at radius 3 is 2.25 bits per heavy atom. The lowest BCUT2D eigenvalue weighted by Crippen LogP contribution is -2.35. The minimum Gasteiger partial charge on any atom is -0.497 e. The fraction of sp³-hybridized carbons (Fsp3) is 0.391. The first-order valence-corrected chi connectivity index (χ1v) is 10.7. The number of anilines is 1. The number of methoxy groups -OCH3 is 2. The van der Waals surface area contributed by atoms with E-state index in [1.807, 2.05) is 0 Å². The van der Waals surface area contributed by atoms with Crippen LogP contribution in [-0.2, 0) is 4.79 Å². The summed E-state index contributed by atoms with van der Waals surface area (Å²) in [6, 6.07) is 9.88. The van der Waals surface area contributed by atoms with Gasteiger partial charge >= 0.3 is 0 Å². The van der Waals surface area contributed by atoms with Crippen molar-refractivity contribution in [3.05, 3.63) is 47.0 Å². The Kier molecular flexibility index (Phi) is 10.1. The molecule has 2 aromatic rings. The number of likely N-dealkylation sites (N-methyl/N-ethyl adjacent to an activating group) is 1. The molecule has 8 nitrogen and oxygen atoms in total. The molecule has 174 valence electrons. The smallest absolute Gasteiger partial charge is 0.262 e. The van der Waals surface area contributed by atoms with Crippen LogP contribution in [0.2, 0.25) is 5.02 Å². The van der Waals surface area contributed by atoms with Crippen LogP contribution in [0, 0.1) is 0 Å². The van der Waals surface area contributed by atoms with Crippen molar-refractivity contribution >= 4 is 29.1 Å². The third-order valence-corrected chi connectivity index (χ3v) is 5.16. The summed E-state index contributed by atoms with van der Waals surface area (Å²) in [4.78, 5) is 27.1. The van der Waals surface area contributed by atoms with Gasteiger partial charge in [-0.05, 0) is 43.4 Å². The van der Waals surface area contributed by atoms with E-state index in [4.69, 9.17) is 25.8 Å². The summed E-state index contributed by atoms with van der Waals surface area (Å²) in [6.07, 6.45) is 0. The second-order valence-electron chi connectivity index (χ2n) is 6.83. The molecule has 2 amide bonds. The number of nitrogens with zero attached hydrogens (tertiary/aromatic N) is 1. The van der Waals surface area contributed by atoms with Crippen LogP contribution < -0.4 is 24.8 Å². The van der Waals surface area contributed by atoms with E-state index < -0.39 is 5.91 Å². The molecule has 0 heterocycles. The van der Waals surface area contributed by atoms with E-state index >= 15 is 0 Å². The molecule has 0 fully saturated rings. The maximum absolute atomic E-state index is 12.6. The van der Waals surface area contributed by atoms with Gasteiger partial charge in [-0.2, -0.15) is 0 Å². The number of rotatable bonds is 12. The topological polar surface area (TPSA) is 89.1 Å². The van der Waals surface area contributed by atoms with E-state index in [9.17, 15) is 9.59 Å². The van der Waals surface area contributed by atoms with E-state index in [2.05, 4.69) is 29.4 Å². The average Bonchev–Trinajstić information content (AvgIpc) is 2.81. The molecule has 0 aliphatic carbocycles. The van der Waals surface area contributed by atoms with Gasteiger partial charge in [0.25, 0.3) is 11.8 Å². The Morgan fingerprint density at radius 2 is 1.66 bits per heavy atom. The van der Waals surface area contributed by atoms with Crippen LogP contribution in [0.4, 0.5) is 5.69 Å².